The quantitative estimate of drug-likeness (QED) is 0.669. The fourth-order valence-electron chi connectivity index (χ4n) is 2.12. The van der Waals surface area contributed by atoms with Gasteiger partial charge in [-0.15, -0.1) is 0 Å². The number of nitrogens with zero attached hydrogens (tertiary/aromatic N) is 2. The molecule has 0 aliphatic carbocycles. The highest BCUT2D eigenvalue weighted by atomic mass is 16.4. The van der Waals surface area contributed by atoms with Crippen LogP contribution in [0.1, 0.15) is 19.3 Å². The van der Waals surface area contributed by atoms with E-state index in [4.69, 9.17) is 10.8 Å². The maximum absolute atomic E-state index is 11.5. The first kappa shape index (κ1) is 13.9. The Morgan fingerprint density at radius 3 is 2.82 bits per heavy atom. The van der Waals surface area contributed by atoms with Crippen LogP contribution in [0.2, 0.25) is 0 Å². The van der Waals surface area contributed by atoms with Crippen molar-refractivity contribution in [2.45, 2.75) is 25.3 Å². The molecule has 0 spiro atoms. The lowest BCUT2D eigenvalue weighted by molar-refractivity contribution is -0.138. The van der Waals surface area contributed by atoms with Crippen molar-refractivity contribution in [2.75, 3.05) is 33.2 Å². The first-order valence-electron chi connectivity index (χ1n) is 5.94. The second kappa shape index (κ2) is 6.56. The van der Waals surface area contributed by atoms with E-state index in [9.17, 15) is 9.59 Å². The summed E-state index contributed by atoms with van der Waals surface area (Å²) in [6.45, 7) is 1.99. The SMILES string of the molecule is CN(CCC(=O)O)C1CCCN(C(=O)CN)C1. The van der Waals surface area contributed by atoms with Crippen LogP contribution in [0.3, 0.4) is 0 Å². The van der Waals surface area contributed by atoms with Crippen LogP contribution in [0.4, 0.5) is 0 Å². The number of hydrogen-bond donors (Lipinski definition) is 2. The minimum absolute atomic E-state index is 0.0265. The Balaban J connectivity index is 2.42. The summed E-state index contributed by atoms with van der Waals surface area (Å²) in [5.41, 5.74) is 5.34. The zero-order valence-electron chi connectivity index (χ0n) is 10.3. The van der Waals surface area contributed by atoms with Crippen LogP contribution in [-0.4, -0.2) is 66.1 Å². The van der Waals surface area contributed by atoms with Gasteiger partial charge in [-0.05, 0) is 19.9 Å². The van der Waals surface area contributed by atoms with E-state index in [0.717, 1.165) is 19.4 Å². The Morgan fingerprint density at radius 1 is 1.53 bits per heavy atom. The smallest absolute Gasteiger partial charge is 0.304 e. The van der Waals surface area contributed by atoms with Gasteiger partial charge in [0.2, 0.25) is 5.91 Å². The molecule has 6 heteroatoms. The van der Waals surface area contributed by atoms with Crippen LogP contribution >= 0.6 is 0 Å². The molecule has 1 saturated heterocycles. The molecule has 0 bridgehead atoms. The number of carbonyl (C=O) groups is 2. The lowest BCUT2D eigenvalue weighted by Gasteiger charge is -2.37. The summed E-state index contributed by atoms with van der Waals surface area (Å²) in [5, 5.41) is 8.63. The molecular formula is C11H21N3O3. The van der Waals surface area contributed by atoms with Crippen LogP contribution in [0.5, 0.6) is 0 Å². The van der Waals surface area contributed by atoms with Gasteiger partial charge in [-0.1, -0.05) is 0 Å². The van der Waals surface area contributed by atoms with Crippen molar-refractivity contribution >= 4 is 11.9 Å². The zero-order valence-corrected chi connectivity index (χ0v) is 10.3. The maximum atomic E-state index is 11.5. The van der Waals surface area contributed by atoms with E-state index in [0.29, 0.717) is 13.1 Å². The predicted octanol–water partition coefficient (Wildman–Crippen LogP) is -0.657. The Kier molecular flexibility index (Phi) is 5.37. The fourth-order valence-corrected chi connectivity index (χ4v) is 2.12. The molecule has 0 radical (unpaired) electrons. The van der Waals surface area contributed by atoms with Gasteiger partial charge in [0.05, 0.1) is 13.0 Å². The van der Waals surface area contributed by atoms with E-state index in [1.807, 2.05) is 11.9 Å². The van der Waals surface area contributed by atoms with Gasteiger partial charge in [-0.25, -0.2) is 0 Å². The lowest BCUT2D eigenvalue weighted by atomic mass is 10.0. The highest BCUT2D eigenvalue weighted by Gasteiger charge is 2.25. The van der Waals surface area contributed by atoms with E-state index < -0.39 is 5.97 Å². The lowest BCUT2D eigenvalue weighted by Crippen LogP contribution is -2.50. The van der Waals surface area contributed by atoms with Crippen LogP contribution < -0.4 is 5.73 Å². The second-order valence-electron chi connectivity index (χ2n) is 4.46. The minimum atomic E-state index is -0.789. The average Bonchev–Trinajstić information content (AvgIpc) is 2.35. The van der Waals surface area contributed by atoms with Gasteiger partial charge >= 0.3 is 5.97 Å². The average molecular weight is 243 g/mol. The monoisotopic (exact) mass is 243 g/mol. The van der Waals surface area contributed by atoms with Gasteiger partial charge in [-0.2, -0.15) is 0 Å². The van der Waals surface area contributed by atoms with Crippen LogP contribution in [0.25, 0.3) is 0 Å². The van der Waals surface area contributed by atoms with Crippen molar-refractivity contribution in [1.82, 2.24) is 9.80 Å². The molecule has 6 nitrogen and oxygen atoms in total. The number of carboxylic acid groups (broad SMARTS) is 1. The molecule has 3 N–H and O–H groups in total. The van der Waals surface area contributed by atoms with Gasteiger partial charge in [0, 0.05) is 25.7 Å². The maximum Gasteiger partial charge on any atom is 0.304 e. The molecule has 98 valence electrons. The largest absolute Gasteiger partial charge is 0.481 e. The molecule has 1 fully saturated rings. The number of likely N-dealkylation sites (N-methyl/N-ethyl adjacent to an activating group) is 1. The van der Waals surface area contributed by atoms with Crippen LogP contribution in [-0.2, 0) is 9.59 Å². The number of rotatable bonds is 5. The molecule has 1 rings (SSSR count). The Morgan fingerprint density at radius 2 is 2.24 bits per heavy atom. The molecule has 0 saturated carbocycles. The van der Waals surface area contributed by atoms with Crippen molar-refractivity contribution in [3.05, 3.63) is 0 Å². The van der Waals surface area contributed by atoms with Gasteiger partial charge in [-0.3, -0.25) is 9.59 Å². The van der Waals surface area contributed by atoms with E-state index in [-0.39, 0.29) is 24.9 Å². The number of piperidine rings is 1. The van der Waals surface area contributed by atoms with Crippen molar-refractivity contribution in [3.8, 4) is 0 Å². The molecular weight excluding hydrogens is 222 g/mol. The summed E-state index contributed by atoms with van der Waals surface area (Å²) in [6, 6.07) is 0.249. The summed E-state index contributed by atoms with van der Waals surface area (Å²) in [4.78, 5) is 25.8. The number of carbonyl (C=O) groups excluding carboxylic acids is 1. The number of carboxylic acids is 1. The normalized spacial score (nSPS) is 20.6. The summed E-state index contributed by atoms with van der Waals surface area (Å²) >= 11 is 0. The summed E-state index contributed by atoms with van der Waals surface area (Å²) in [5.74, 6) is -0.816. The second-order valence-corrected chi connectivity index (χ2v) is 4.46. The van der Waals surface area contributed by atoms with Gasteiger partial charge in [0.1, 0.15) is 0 Å². The Bertz CT molecular complexity index is 283. The minimum Gasteiger partial charge on any atom is -0.481 e. The molecule has 1 amide bonds. The van der Waals surface area contributed by atoms with E-state index in [1.54, 1.807) is 4.90 Å². The summed E-state index contributed by atoms with van der Waals surface area (Å²) in [6.07, 6.45) is 2.09. The van der Waals surface area contributed by atoms with Gasteiger partial charge < -0.3 is 20.6 Å². The Labute approximate surface area is 101 Å². The molecule has 1 aliphatic heterocycles. The number of amides is 1. The molecule has 17 heavy (non-hydrogen) atoms. The summed E-state index contributed by atoms with van der Waals surface area (Å²) < 4.78 is 0. The third kappa shape index (κ3) is 4.32. The first-order chi connectivity index (χ1) is 8.04. The third-order valence-electron chi connectivity index (χ3n) is 3.23. The van der Waals surface area contributed by atoms with Crippen molar-refractivity contribution in [2.24, 2.45) is 5.73 Å². The van der Waals surface area contributed by atoms with E-state index in [2.05, 4.69) is 0 Å². The standard InChI is InChI=1S/C11H21N3O3/c1-13(6-4-11(16)17)9-3-2-5-14(8-9)10(15)7-12/h9H,2-8,12H2,1H3,(H,16,17). The number of likely N-dealkylation sites (tertiary alicyclic amines) is 1. The van der Waals surface area contributed by atoms with Crippen LogP contribution in [0.15, 0.2) is 0 Å². The van der Waals surface area contributed by atoms with Crippen molar-refractivity contribution in [3.63, 3.8) is 0 Å². The van der Waals surface area contributed by atoms with Crippen molar-refractivity contribution < 1.29 is 14.7 Å². The summed E-state index contributed by atoms with van der Waals surface area (Å²) in [7, 11) is 1.91. The van der Waals surface area contributed by atoms with Crippen LogP contribution in [0, 0.1) is 0 Å². The molecule has 0 aromatic heterocycles. The van der Waals surface area contributed by atoms with Gasteiger partial charge in [0.15, 0.2) is 0 Å². The molecule has 1 heterocycles. The third-order valence-corrected chi connectivity index (χ3v) is 3.23. The highest BCUT2D eigenvalue weighted by molar-refractivity contribution is 5.78. The molecule has 1 aliphatic rings. The molecule has 0 aromatic rings. The number of aliphatic carboxylic acids is 1. The number of hydrogen-bond acceptors (Lipinski definition) is 4. The molecule has 0 aromatic carbocycles. The number of nitrogens with two attached hydrogens (primary N) is 1. The topological polar surface area (TPSA) is 86.9 Å². The van der Waals surface area contributed by atoms with Gasteiger partial charge in [0.25, 0.3) is 0 Å². The highest BCUT2D eigenvalue weighted by Crippen LogP contribution is 2.14. The van der Waals surface area contributed by atoms with Crippen molar-refractivity contribution in [1.29, 1.82) is 0 Å². The first-order valence-corrected chi connectivity index (χ1v) is 5.94. The zero-order chi connectivity index (χ0) is 12.8. The Hall–Kier alpha value is -1.14. The predicted molar refractivity (Wildman–Crippen MR) is 63.5 cm³/mol. The fraction of sp³-hybridized carbons (Fsp3) is 0.818. The van der Waals surface area contributed by atoms with E-state index in [1.165, 1.54) is 0 Å². The van der Waals surface area contributed by atoms with E-state index >= 15 is 0 Å². The molecule has 1 atom stereocenters. The molecule has 1 unspecified atom stereocenters.